The van der Waals surface area contributed by atoms with Crippen LogP contribution in [0.2, 0.25) is 0 Å². The summed E-state index contributed by atoms with van der Waals surface area (Å²) >= 11 is 1.85. The molecule has 0 aliphatic heterocycles. The highest BCUT2D eigenvalue weighted by atomic mass is 32.1. The molecular weight excluding hydrogens is 484 g/mol. The lowest BCUT2D eigenvalue weighted by atomic mass is 10.0. The van der Waals surface area contributed by atoms with Gasteiger partial charge in [0.1, 0.15) is 23.1 Å². The quantitative estimate of drug-likeness (QED) is 0.240. The van der Waals surface area contributed by atoms with E-state index in [0.717, 1.165) is 33.3 Å². The normalized spacial score (nSPS) is 11.7. The molecule has 0 aliphatic rings. The molecule has 8 rings (SSSR count). The minimum absolute atomic E-state index is 0.715. The molecule has 0 N–H and O–H groups in total. The number of hydrogen-bond donors (Lipinski definition) is 0. The molecule has 0 saturated heterocycles. The van der Waals surface area contributed by atoms with Crippen molar-refractivity contribution in [2.75, 3.05) is 0 Å². The molecule has 0 aliphatic carbocycles. The summed E-state index contributed by atoms with van der Waals surface area (Å²) in [6.07, 6.45) is 1.63. The topological polar surface area (TPSA) is 38.9 Å². The zero-order valence-electron chi connectivity index (χ0n) is 20.3. The Morgan fingerprint density at radius 2 is 1.32 bits per heavy atom. The van der Waals surface area contributed by atoms with Crippen molar-refractivity contribution < 1.29 is 4.42 Å². The van der Waals surface area contributed by atoms with Crippen LogP contribution in [-0.4, -0.2) is 9.97 Å². The number of fused-ring (bicyclic) bond motifs is 6. The second-order valence-electron chi connectivity index (χ2n) is 9.44. The molecule has 38 heavy (non-hydrogen) atoms. The molecule has 0 unspecified atom stereocenters. The molecule has 4 heteroatoms. The SMILES string of the molecule is c1ccc(-c2ccc3oc4c(-c5ccc(-c6cccc7c6sc6ccccc67)cc5)ncnc4c3c2)cc1. The Bertz CT molecular complexity index is 2120. The largest absolute Gasteiger partial charge is 0.452 e. The first-order valence-corrected chi connectivity index (χ1v) is 13.4. The maximum Gasteiger partial charge on any atom is 0.180 e. The molecule has 0 atom stereocenters. The molecule has 8 aromatic rings. The van der Waals surface area contributed by atoms with E-state index in [9.17, 15) is 0 Å². The van der Waals surface area contributed by atoms with E-state index in [1.807, 2.05) is 23.5 Å². The molecule has 3 heterocycles. The smallest absolute Gasteiger partial charge is 0.180 e. The first-order valence-electron chi connectivity index (χ1n) is 12.6. The zero-order valence-corrected chi connectivity index (χ0v) is 21.1. The van der Waals surface area contributed by atoms with Crippen molar-refractivity contribution in [2.24, 2.45) is 0 Å². The Kier molecular flexibility index (Phi) is 4.69. The Labute approximate surface area is 222 Å². The second-order valence-corrected chi connectivity index (χ2v) is 10.5. The highest BCUT2D eigenvalue weighted by Gasteiger charge is 2.16. The van der Waals surface area contributed by atoms with Gasteiger partial charge in [-0.05, 0) is 40.5 Å². The van der Waals surface area contributed by atoms with Gasteiger partial charge >= 0.3 is 0 Å². The van der Waals surface area contributed by atoms with Crippen molar-refractivity contribution in [1.29, 1.82) is 0 Å². The molecule has 5 aromatic carbocycles. The van der Waals surface area contributed by atoms with Crippen LogP contribution in [0.3, 0.4) is 0 Å². The lowest BCUT2D eigenvalue weighted by Gasteiger charge is -2.06. The van der Waals surface area contributed by atoms with Crippen molar-refractivity contribution in [1.82, 2.24) is 9.97 Å². The fourth-order valence-corrected chi connectivity index (χ4v) is 6.61. The van der Waals surface area contributed by atoms with Crippen LogP contribution in [0, 0.1) is 0 Å². The van der Waals surface area contributed by atoms with Crippen molar-refractivity contribution >= 4 is 53.6 Å². The first-order chi connectivity index (χ1) is 18.8. The number of aromatic nitrogens is 2. The van der Waals surface area contributed by atoms with Crippen LogP contribution in [0.15, 0.2) is 126 Å². The van der Waals surface area contributed by atoms with Crippen LogP contribution >= 0.6 is 11.3 Å². The first kappa shape index (κ1) is 21.3. The average Bonchev–Trinajstić information content (AvgIpc) is 3.56. The van der Waals surface area contributed by atoms with E-state index in [4.69, 9.17) is 4.42 Å². The Morgan fingerprint density at radius 1 is 0.553 bits per heavy atom. The van der Waals surface area contributed by atoms with Crippen molar-refractivity contribution in [3.8, 4) is 33.5 Å². The molecule has 0 bridgehead atoms. The maximum atomic E-state index is 6.31. The number of thiophene rings is 1. The van der Waals surface area contributed by atoms with Gasteiger partial charge in [-0.25, -0.2) is 9.97 Å². The molecule has 178 valence electrons. The predicted molar refractivity (Wildman–Crippen MR) is 159 cm³/mol. The third-order valence-corrected chi connectivity index (χ3v) is 8.45. The van der Waals surface area contributed by atoms with Gasteiger partial charge in [0.05, 0.1) is 0 Å². The monoisotopic (exact) mass is 504 g/mol. The Balaban J connectivity index is 1.23. The van der Waals surface area contributed by atoms with Crippen molar-refractivity contribution in [3.05, 3.63) is 122 Å². The van der Waals surface area contributed by atoms with Crippen LogP contribution in [0.1, 0.15) is 0 Å². The molecule has 0 saturated carbocycles. The minimum Gasteiger partial charge on any atom is -0.452 e. The van der Waals surface area contributed by atoms with Gasteiger partial charge in [-0.3, -0.25) is 0 Å². The standard InChI is InChI=1S/C34H20N2OS/c1-2-7-21(8-3-1)24-17-18-29-28(19-24)32-33(37-29)31(35-20-36-32)23-15-13-22(14-16-23)25-10-6-11-27-26-9-4-5-12-30(26)38-34(25)27/h1-20H. The number of furan rings is 1. The van der Waals surface area contributed by atoms with Crippen LogP contribution < -0.4 is 0 Å². The summed E-state index contributed by atoms with van der Waals surface area (Å²) in [5, 5.41) is 3.62. The summed E-state index contributed by atoms with van der Waals surface area (Å²) in [6, 6.07) is 40.5. The molecule has 0 radical (unpaired) electrons. The van der Waals surface area contributed by atoms with Crippen LogP contribution in [0.25, 0.3) is 75.8 Å². The summed E-state index contributed by atoms with van der Waals surface area (Å²) in [7, 11) is 0. The molecule has 3 aromatic heterocycles. The zero-order chi connectivity index (χ0) is 25.1. The average molecular weight is 505 g/mol. The third kappa shape index (κ3) is 3.28. The van der Waals surface area contributed by atoms with E-state index in [1.54, 1.807) is 6.33 Å². The van der Waals surface area contributed by atoms with Crippen LogP contribution in [-0.2, 0) is 0 Å². The van der Waals surface area contributed by atoms with Gasteiger partial charge < -0.3 is 4.42 Å². The lowest BCUT2D eigenvalue weighted by molar-refractivity contribution is 0.667. The van der Waals surface area contributed by atoms with E-state index in [0.29, 0.717) is 5.58 Å². The maximum absolute atomic E-state index is 6.31. The summed E-state index contributed by atoms with van der Waals surface area (Å²) in [5.74, 6) is 0. The van der Waals surface area contributed by atoms with Gasteiger partial charge in [0, 0.05) is 31.1 Å². The van der Waals surface area contributed by atoms with Crippen LogP contribution in [0.5, 0.6) is 0 Å². The highest BCUT2D eigenvalue weighted by Crippen LogP contribution is 2.41. The van der Waals surface area contributed by atoms with Gasteiger partial charge in [-0.15, -0.1) is 11.3 Å². The summed E-state index contributed by atoms with van der Waals surface area (Å²) < 4.78 is 8.94. The number of nitrogens with zero attached hydrogens (tertiary/aromatic N) is 2. The fraction of sp³-hybridized carbons (Fsp3) is 0. The van der Waals surface area contributed by atoms with E-state index in [-0.39, 0.29) is 0 Å². The number of benzene rings is 5. The number of rotatable bonds is 3. The fourth-order valence-electron chi connectivity index (χ4n) is 5.37. The predicted octanol–water partition coefficient (Wildman–Crippen LogP) is 9.74. The van der Waals surface area contributed by atoms with E-state index in [1.165, 1.54) is 36.9 Å². The van der Waals surface area contributed by atoms with Gasteiger partial charge in [0.2, 0.25) is 0 Å². The lowest BCUT2D eigenvalue weighted by Crippen LogP contribution is -1.87. The molecule has 3 nitrogen and oxygen atoms in total. The molecule has 0 spiro atoms. The van der Waals surface area contributed by atoms with E-state index in [2.05, 4.69) is 113 Å². The molecule has 0 amide bonds. The van der Waals surface area contributed by atoms with Gasteiger partial charge in [-0.1, -0.05) is 97.1 Å². The summed E-state index contributed by atoms with van der Waals surface area (Å²) in [4.78, 5) is 9.24. The van der Waals surface area contributed by atoms with E-state index >= 15 is 0 Å². The minimum atomic E-state index is 0.715. The number of hydrogen-bond acceptors (Lipinski definition) is 4. The summed E-state index contributed by atoms with van der Waals surface area (Å²) in [6.45, 7) is 0. The third-order valence-electron chi connectivity index (χ3n) is 7.23. The van der Waals surface area contributed by atoms with Gasteiger partial charge in [-0.2, -0.15) is 0 Å². The van der Waals surface area contributed by atoms with Gasteiger partial charge in [0.15, 0.2) is 5.58 Å². The molecular formula is C34H20N2OS. The highest BCUT2D eigenvalue weighted by molar-refractivity contribution is 7.26. The van der Waals surface area contributed by atoms with Crippen molar-refractivity contribution in [3.63, 3.8) is 0 Å². The van der Waals surface area contributed by atoms with E-state index < -0.39 is 0 Å². The molecule has 0 fully saturated rings. The Hall–Kier alpha value is -4.80. The Morgan fingerprint density at radius 3 is 2.21 bits per heavy atom. The second kappa shape index (κ2) is 8.37. The van der Waals surface area contributed by atoms with Crippen molar-refractivity contribution in [2.45, 2.75) is 0 Å². The van der Waals surface area contributed by atoms with Gasteiger partial charge in [0.25, 0.3) is 0 Å². The van der Waals surface area contributed by atoms with Crippen LogP contribution in [0.4, 0.5) is 0 Å². The summed E-state index contributed by atoms with van der Waals surface area (Å²) in [5.41, 5.74) is 8.92.